The van der Waals surface area contributed by atoms with Crippen molar-refractivity contribution in [1.29, 1.82) is 5.26 Å². The smallest absolute Gasteiger partial charge is 0.425 e. The molecule has 160 valence electrons. The van der Waals surface area contributed by atoms with Gasteiger partial charge in [0.05, 0.1) is 23.2 Å². The minimum atomic E-state index is -4.56. The quantitative estimate of drug-likeness (QED) is 0.792. The van der Waals surface area contributed by atoms with Crippen LogP contribution in [-0.2, 0) is 0 Å². The molecule has 1 unspecified atom stereocenters. The van der Waals surface area contributed by atoms with Crippen LogP contribution in [0.25, 0.3) is 0 Å². The summed E-state index contributed by atoms with van der Waals surface area (Å²) in [5.41, 5.74) is 4.62. The molecule has 0 spiro atoms. The highest BCUT2D eigenvalue weighted by Crippen LogP contribution is 2.32. The van der Waals surface area contributed by atoms with E-state index in [2.05, 4.69) is 10.4 Å². The molecule has 2 heterocycles. The number of hydrogen-bond acceptors (Lipinski definition) is 5. The number of nitrogens with zero attached hydrogens (tertiary/aromatic N) is 3. The predicted molar refractivity (Wildman–Crippen MR) is 102 cm³/mol. The lowest BCUT2D eigenvalue weighted by atomic mass is 9.85. The van der Waals surface area contributed by atoms with Crippen LogP contribution in [-0.4, -0.2) is 53.8 Å². The van der Waals surface area contributed by atoms with Crippen molar-refractivity contribution in [2.45, 2.75) is 44.5 Å². The third-order valence-corrected chi connectivity index (χ3v) is 5.94. The predicted octanol–water partition coefficient (Wildman–Crippen LogP) is 3.22. The fourth-order valence-corrected chi connectivity index (χ4v) is 3.94. The van der Waals surface area contributed by atoms with Gasteiger partial charge in [0.2, 0.25) is 0 Å². The molecule has 1 aromatic rings. The second-order valence-corrected chi connectivity index (χ2v) is 8.15. The molecule has 3 aliphatic rings. The van der Waals surface area contributed by atoms with E-state index in [-0.39, 0.29) is 22.9 Å². The number of nitrogens with one attached hydrogen (secondary N) is 1. The van der Waals surface area contributed by atoms with Crippen LogP contribution in [0.4, 0.5) is 13.2 Å². The average Bonchev–Trinajstić information content (AvgIpc) is 3.22. The van der Waals surface area contributed by atoms with Gasteiger partial charge in [-0.15, -0.1) is 0 Å². The molecule has 0 bridgehead atoms. The zero-order valence-corrected chi connectivity index (χ0v) is 16.6. The number of carbonyl (C=O) groups is 1. The van der Waals surface area contributed by atoms with Crippen molar-refractivity contribution in [2.24, 2.45) is 5.92 Å². The molecular formula is C21H23F3N4O2. The third kappa shape index (κ3) is 4.10. The molecule has 2 fully saturated rings. The van der Waals surface area contributed by atoms with Crippen molar-refractivity contribution in [1.82, 2.24) is 15.3 Å². The molecule has 9 heteroatoms. The van der Waals surface area contributed by atoms with Crippen molar-refractivity contribution in [3.05, 3.63) is 41.1 Å². The monoisotopic (exact) mass is 420 g/mol. The van der Waals surface area contributed by atoms with Gasteiger partial charge < -0.3 is 14.6 Å². The Morgan fingerprint density at radius 1 is 1.40 bits per heavy atom. The van der Waals surface area contributed by atoms with Gasteiger partial charge in [-0.2, -0.15) is 18.4 Å². The van der Waals surface area contributed by atoms with Crippen LogP contribution in [0.2, 0.25) is 0 Å². The Kier molecular flexibility index (Phi) is 5.36. The summed E-state index contributed by atoms with van der Waals surface area (Å²) in [6.07, 6.45) is -0.835. The van der Waals surface area contributed by atoms with Gasteiger partial charge in [0.15, 0.2) is 6.10 Å². The molecule has 4 rings (SSSR count). The van der Waals surface area contributed by atoms with Crippen LogP contribution in [0.3, 0.4) is 0 Å². The van der Waals surface area contributed by atoms with Crippen LogP contribution in [0.5, 0.6) is 5.75 Å². The van der Waals surface area contributed by atoms with E-state index in [1.807, 2.05) is 12.3 Å². The second kappa shape index (κ2) is 7.84. The highest BCUT2D eigenvalue weighted by atomic mass is 19.4. The number of alkyl halides is 3. The molecule has 0 radical (unpaired) electrons. The van der Waals surface area contributed by atoms with Gasteiger partial charge >= 0.3 is 6.18 Å². The van der Waals surface area contributed by atoms with E-state index in [9.17, 15) is 18.0 Å². The highest BCUT2D eigenvalue weighted by Gasteiger charge is 2.40. The summed E-state index contributed by atoms with van der Waals surface area (Å²) in [7, 11) is 0. The zero-order valence-electron chi connectivity index (χ0n) is 16.6. The molecule has 1 saturated heterocycles. The number of benzene rings is 1. The summed E-state index contributed by atoms with van der Waals surface area (Å²) in [5, 5.41) is 11.2. The Morgan fingerprint density at radius 2 is 2.17 bits per heavy atom. The van der Waals surface area contributed by atoms with E-state index in [0.29, 0.717) is 19.0 Å². The number of hydrazine groups is 1. The van der Waals surface area contributed by atoms with Gasteiger partial charge in [-0.3, -0.25) is 4.79 Å². The number of halogens is 3. The Balaban J connectivity index is 1.49. The minimum Gasteiger partial charge on any atom is -0.480 e. The molecule has 1 saturated carbocycles. The topological polar surface area (TPSA) is 68.6 Å². The van der Waals surface area contributed by atoms with Gasteiger partial charge in [0, 0.05) is 25.8 Å². The molecule has 1 amide bonds. The summed E-state index contributed by atoms with van der Waals surface area (Å²) in [6.45, 7) is 2.64. The number of likely N-dealkylation sites (tertiary alicyclic amines) is 1. The molecule has 1 N–H and O–H groups in total. The molecular weight excluding hydrogens is 397 g/mol. The van der Waals surface area contributed by atoms with E-state index < -0.39 is 18.2 Å². The van der Waals surface area contributed by atoms with Crippen LogP contribution in [0.1, 0.15) is 42.1 Å². The fraction of sp³-hybridized carbons (Fsp3) is 0.524. The van der Waals surface area contributed by atoms with Gasteiger partial charge in [0.25, 0.3) is 5.91 Å². The molecule has 6 nitrogen and oxygen atoms in total. The number of ether oxygens (including phenoxy) is 1. The Bertz CT molecular complexity index is 904. The van der Waals surface area contributed by atoms with Gasteiger partial charge in [-0.25, -0.2) is 5.43 Å². The summed E-state index contributed by atoms with van der Waals surface area (Å²) in [5.74, 6) is 0.0866. The summed E-state index contributed by atoms with van der Waals surface area (Å²) < 4.78 is 43.8. The highest BCUT2D eigenvalue weighted by molar-refractivity contribution is 5.98. The van der Waals surface area contributed by atoms with Crippen molar-refractivity contribution < 1.29 is 22.7 Å². The van der Waals surface area contributed by atoms with Crippen LogP contribution in [0, 0.1) is 17.2 Å². The molecule has 2 atom stereocenters. The fourth-order valence-electron chi connectivity index (χ4n) is 3.94. The molecule has 0 aromatic heterocycles. The second-order valence-electron chi connectivity index (χ2n) is 8.15. The largest absolute Gasteiger partial charge is 0.480 e. The SMILES string of the molecule is C[C@H](Oc1ccc(C#N)cc1C(=O)N1CC2=CN(CC3CCC3)NC2C1)C(F)(F)F. The number of fused-ring (bicyclic) bond motifs is 1. The lowest BCUT2D eigenvalue weighted by Crippen LogP contribution is -2.43. The maximum Gasteiger partial charge on any atom is 0.425 e. The summed E-state index contributed by atoms with van der Waals surface area (Å²) in [6, 6.07) is 5.81. The Hall–Kier alpha value is -2.73. The molecule has 1 aromatic carbocycles. The first-order chi connectivity index (χ1) is 14.2. The average molecular weight is 420 g/mol. The Labute approximate surface area is 172 Å². The van der Waals surface area contributed by atoms with Gasteiger partial charge in [-0.05, 0) is 49.5 Å². The first-order valence-corrected chi connectivity index (χ1v) is 10.0. The van der Waals surface area contributed by atoms with E-state index in [4.69, 9.17) is 10.00 Å². The number of rotatable bonds is 5. The molecule has 2 aliphatic heterocycles. The van der Waals surface area contributed by atoms with Crippen molar-refractivity contribution in [3.8, 4) is 11.8 Å². The summed E-state index contributed by atoms with van der Waals surface area (Å²) >= 11 is 0. The number of nitriles is 1. The van der Waals surface area contributed by atoms with E-state index in [0.717, 1.165) is 19.0 Å². The first-order valence-electron chi connectivity index (χ1n) is 10.0. The third-order valence-electron chi connectivity index (χ3n) is 5.94. The number of carbonyl (C=O) groups excluding carboxylic acids is 1. The van der Waals surface area contributed by atoms with Crippen molar-refractivity contribution in [2.75, 3.05) is 19.6 Å². The van der Waals surface area contributed by atoms with Crippen LogP contribution in [0.15, 0.2) is 30.0 Å². The van der Waals surface area contributed by atoms with Crippen LogP contribution < -0.4 is 10.2 Å². The lowest BCUT2D eigenvalue weighted by Gasteiger charge is -2.31. The normalized spacial score (nSPS) is 22.2. The molecule has 1 aliphatic carbocycles. The Morgan fingerprint density at radius 3 is 2.77 bits per heavy atom. The van der Waals surface area contributed by atoms with Crippen molar-refractivity contribution >= 4 is 5.91 Å². The number of amides is 1. The van der Waals surface area contributed by atoms with Crippen LogP contribution >= 0.6 is 0 Å². The standard InChI is InChI=1S/C21H23F3N4O2/c1-13(21(22,23)24)30-19-6-5-15(8-25)7-17(19)20(29)27-10-16-11-28(26-18(16)12-27)9-14-3-2-4-14/h5-7,11,13-14,18,26H,2-4,9-10,12H2,1H3/t13-,18?/m0/s1. The minimum absolute atomic E-state index is 0.00615. The molecule has 30 heavy (non-hydrogen) atoms. The van der Waals surface area contributed by atoms with E-state index in [1.54, 1.807) is 4.90 Å². The van der Waals surface area contributed by atoms with Gasteiger partial charge in [0.1, 0.15) is 5.75 Å². The summed E-state index contributed by atoms with van der Waals surface area (Å²) in [4.78, 5) is 14.7. The van der Waals surface area contributed by atoms with E-state index in [1.165, 1.54) is 37.5 Å². The number of hydrogen-bond donors (Lipinski definition) is 1. The first kappa shape index (κ1) is 20.5. The van der Waals surface area contributed by atoms with Gasteiger partial charge in [-0.1, -0.05) is 6.42 Å². The van der Waals surface area contributed by atoms with Crippen molar-refractivity contribution in [3.63, 3.8) is 0 Å². The van der Waals surface area contributed by atoms with E-state index >= 15 is 0 Å². The lowest BCUT2D eigenvalue weighted by molar-refractivity contribution is -0.189. The maximum atomic E-state index is 13.1. The maximum absolute atomic E-state index is 13.1. The zero-order chi connectivity index (χ0) is 21.5.